The molecule has 21 heavy (non-hydrogen) atoms. The maximum absolute atomic E-state index is 6.23. The second-order valence-electron chi connectivity index (χ2n) is 7.25. The van der Waals surface area contributed by atoms with Gasteiger partial charge in [0, 0.05) is 12.6 Å². The van der Waals surface area contributed by atoms with Gasteiger partial charge in [-0.3, -0.25) is 0 Å². The second-order valence-corrected chi connectivity index (χ2v) is 8.48. The van der Waals surface area contributed by atoms with Crippen LogP contribution in [0.15, 0.2) is 0 Å². The zero-order valence-corrected chi connectivity index (χ0v) is 14.4. The van der Waals surface area contributed by atoms with E-state index in [0.717, 1.165) is 18.6 Å². The van der Waals surface area contributed by atoms with Gasteiger partial charge in [0.05, 0.1) is 5.60 Å². The molecule has 0 aromatic heterocycles. The summed E-state index contributed by atoms with van der Waals surface area (Å²) in [6, 6.07) is 0.753. The highest BCUT2D eigenvalue weighted by Gasteiger charge is 2.39. The van der Waals surface area contributed by atoms with Crippen molar-refractivity contribution in [2.75, 3.05) is 44.8 Å². The molecule has 3 fully saturated rings. The molecular weight excluding hydrogens is 280 g/mol. The van der Waals surface area contributed by atoms with E-state index < -0.39 is 0 Å². The van der Waals surface area contributed by atoms with Crippen molar-refractivity contribution in [3.05, 3.63) is 0 Å². The van der Waals surface area contributed by atoms with E-state index in [0.29, 0.717) is 0 Å². The number of thioether (sulfide) groups is 1. The van der Waals surface area contributed by atoms with Crippen LogP contribution in [-0.4, -0.2) is 61.3 Å². The van der Waals surface area contributed by atoms with E-state index >= 15 is 0 Å². The molecule has 3 rings (SSSR count). The molecule has 1 N–H and O–H groups in total. The van der Waals surface area contributed by atoms with E-state index in [1.807, 2.05) is 0 Å². The molecule has 4 heteroatoms. The lowest BCUT2D eigenvalue weighted by Crippen LogP contribution is -2.49. The summed E-state index contributed by atoms with van der Waals surface area (Å²) >= 11 is 2.10. The van der Waals surface area contributed by atoms with Crippen LogP contribution in [0.25, 0.3) is 0 Å². The highest BCUT2D eigenvalue weighted by atomic mass is 32.2. The third-order valence-corrected chi connectivity index (χ3v) is 6.83. The minimum absolute atomic E-state index is 0.233. The van der Waals surface area contributed by atoms with Gasteiger partial charge in [-0.1, -0.05) is 0 Å². The quantitative estimate of drug-likeness (QED) is 0.863. The minimum atomic E-state index is 0.233. The molecule has 0 aromatic rings. The number of rotatable bonds is 4. The Hall–Kier alpha value is 0.230. The molecule has 0 aliphatic carbocycles. The standard InChI is InChI=1S/C17H32N2OS/c1-19(10-4-15-2-8-18-9-3-15)16-5-11-20-17(14-16)6-12-21-13-7-17/h15-16,18H,2-14H2,1H3. The van der Waals surface area contributed by atoms with Crippen LogP contribution in [-0.2, 0) is 4.74 Å². The largest absolute Gasteiger partial charge is 0.375 e. The molecular formula is C17H32N2OS. The maximum Gasteiger partial charge on any atom is 0.0713 e. The number of nitrogens with zero attached hydrogens (tertiary/aromatic N) is 1. The molecule has 3 nitrogen and oxygen atoms in total. The summed E-state index contributed by atoms with van der Waals surface area (Å²) in [5, 5.41) is 3.47. The first kappa shape index (κ1) is 16.1. The number of piperidine rings is 1. The SMILES string of the molecule is CN(CCC1CCNCC1)C1CCOC2(CCSCC2)C1. The van der Waals surface area contributed by atoms with Gasteiger partial charge < -0.3 is 15.0 Å². The fraction of sp³-hybridized carbons (Fsp3) is 1.00. The predicted octanol–water partition coefficient (Wildman–Crippen LogP) is 2.75. The molecule has 122 valence electrons. The molecule has 3 aliphatic heterocycles. The Bertz CT molecular complexity index is 308. The summed E-state index contributed by atoms with van der Waals surface area (Å²) in [5.41, 5.74) is 0.233. The summed E-state index contributed by atoms with van der Waals surface area (Å²) in [7, 11) is 2.35. The topological polar surface area (TPSA) is 24.5 Å². The van der Waals surface area contributed by atoms with Crippen LogP contribution in [0.4, 0.5) is 0 Å². The lowest BCUT2D eigenvalue weighted by molar-refractivity contribution is -0.108. The molecule has 0 bridgehead atoms. The Morgan fingerprint density at radius 3 is 2.71 bits per heavy atom. The summed E-state index contributed by atoms with van der Waals surface area (Å²) in [6.07, 6.45) is 9.20. The van der Waals surface area contributed by atoms with Crippen molar-refractivity contribution in [3.63, 3.8) is 0 Å². The van der Waals surface area contributed by atoms with Gasteiger partial charge in [0.25, 0.3) is 0 Å². The maximum atomic E-state index is 6.23. The van der Waals surface area contributed by atoms with Crippen molar-refractivity contribution >= 4 is 11.8 Å². The van der Waals surface area contributed by atoms with Gasteiger partial charge in [0.2, 0.25) is 0 Å². The number of hydrogen-bond donors (Lipinski definition) is 1. The van der Waals surface area contributed by atoms with Gasteiger partial charge in [-0.05, 0) is 89.1 Å². The van der Waals surface area contributed by atoms with E-state index in [1.165, 1.54) is 76.1 Å². The molecule has 1 atom stereocenters. The van der Waals surface area contributed by atoms with E-state index in [1.54, 1.807) is 0 Å². The Kier molecular flexibility index (Phi) is 5.88. The molecule has 0 aromatic carbocycles. The summed E-state index contributed by atoms with van der Waals surface area (Å²) in [5.74, 6) is 3.55. The Morgan fingerprint density at radius 2 is 1.95 bits per heavy atom. The van der Waals surface area contributed by atoms with E-state index in [-0.39, 0.29) is 5.60 Å². The number of nitrogens with one attached hydrogen (secondary N) is 1. The molecule has 0 amide bonds. The first-order valence-corrected chi connectivity index (χ1v) is 10.1. The molecule has 3 aliphatic rings. The van der Waals surface area contributed by atoms with Crippen molar-refractivity contribution in [3.8, 4) is 0 Å². The van der Waals surface area contributed by atoms with Crippen LogP contribution in [0.3, 0.4) is 0 Å². The van der Waals surface area contributed by atoms with Crippen LogP contribution in [0.2, 0.25) is 0 Å². The normalized spacial score (nSPS) is 30.9. The highest BCUT2D eigenvalue weighted by Crippen LogP contribution is 2.38. The fourth-order valence-corrected chi connectivity index (χ4v) is 5.45. The van der Waals surface area contributed by atoms with Crippen molar-refractivity contribution in [2.45, 2.75) is 56.6 Å². The first-order valence-electron chi connectivity index (χ1n) is 8.90. The van der Waals surface area contributed by atoms with Gasteiger partial charge in [0.15, 0.2) is 0 Å². The molecule has 0 radical (unpaired) electrons. The van der Waals surface area contributed by atoms with Gasteiger partial charge in [-0.2, -0.15) is 11.8 Å². The van der Waals surface area contributed by atoms with Gasteiger partial charge in [-0.15, -0.1) is 0 Å². The fourth-order valence-electron chi connectivity index (χ4n) is 4.21. The van der Waals surface area contributed by atoms with E-state index in [4.69, 9.17) is 4.74 Å². The second kappa shape index (κ2) is 7.67. The Labute approximate surface area is 134 Å². The van der Waals surface area contributed by atoms with Gasteiger partial charge in [0.1, 0.15) is 0 Å². The van der Waals surface area contributed by atoms with Crippen molar-refractivity contribution in [1.29, 1.82) is 0 Å². The Morgan fingerprint density at radius 1 is 1.19 bits per heavy atom. The van der Waals surface area contributed by atoms with E-state index in [2.05, 4.69) is 29.0 Å². The zero-order valence-electron chi connectivity index (χ0n) is 13.6. The first-order chi connectivity index (χ1) is 10.3. The monoisotopic (exact) mass is 312 g/mol. The highest BCUT2D eigenvalue weighted by molar-refractivity contribution is 7.99. The zero-order chi connectivity index (χ0) is 14.5. The van der Waals surface area contributed by atoms with Crippen LogP contribution in [0.1, 0.15) is 44.9 Å². The number of ether oxygens (including phenoxy) is 1. The lowest BCUT2D eigenvalue weighted by atomic mass is 9.84. The van der Waals surface area contributed by atoms with Gasteiger partial charge in [-0.25, -0.2) is 0 Å². The lowest BCUT2D eigenvalue weighted by Gasteiger charge is -2.46. The Balaban J connectivity index is 1.46. The molecule has 3 saturated heterocycles. The van der Waals surface area contributed by atoms with Crippen molar-refractivity contribution in [2.24, 2.45) is 5.92 Å². The van der Waals surface area contributed by atoms with Crippen molar-refractivity contribution < 1.29 is 4.74 Å². The summed E-state index contributed by atoms with van der Waals surface area (Å²) in [6.45, 7) is 4.71. The minimum Gasteiger partial charge on any atom is -0.375 e. The van der Waals surface area contributed by atoms with Crippen LogP contribution in [0.5, 0.6) is 0 Å². The average molecular weight is 313 g/mol. The number of hydrogen-bond acceptors (Lipinski definition) is 4. The van der Waals surface area contributed by atoms with Crippen LogP contribution in [0, 0.1) is 5.92 Å². The molecule has 1 unspecified atom stereocenters. The smallest absolute Gasteiger partial charge is 0.0713 e. The third kappa shape index (κ3) is 4.37. The molecule has 1 spiro atoms. The summed E-state index contributed by atoms with van der Waals surface area (Å²) in [4.78, 5) is 2.65. The molecule has 3 heterocycles. The van der Waals surface area contributed by atoms with Gasteiger partial charge >= 0.3 is 0 Å². The predicted molar refractivity (Wildman–Crippen MR) is 91.1 cm³/mol. The molecule has 0 saturated carbocycles. The average Bonchev–Trinajstić information content (AvgIpc) is 2.54. The third-order valence-electron chi connectivity index (χ3n) is 5.84. The van der Waals surface area contributed by atoms with Crippen molar-refractivity contribution in [1.82, 2.24) is 10.2 Å². The van der Waals surface area contributed by atoms with E-state index in [9.17, 15) is 0 Å². The van der Waals surface area contributed by atoms with Crippen LogP contribution < -0.4 is 5.32 Å². The summed E-state index contributed by atoms with van der Waals surface area (Å²) < 4.78 is 6.23. The van der Waals surface area contributed by atoms with Crippen LogP contribution >= 0.6 is 11.8 Å².